The number of nitrogens with one attached hydrogen (secondary N) is 1. The average Bonchev–Trinajstić information content (AvgIpc) is 2.16. The minimum atomic E-state index is 0.628. The Hall–Kier alpha value is -1.01. The highest BCUT2D eigenvalue weighted by molar-refractivity contribution is 7.98. The molecule has 0 aliphatic rings. The van der Waals surface area contributed by atoms with Gasteiger partial charge in [0.1, 0.15) is 11.6 Å². The maximum atomic E-state index is 5.27. The Kier molecular flexibility index (Phi) is 3.32. The van der Waals surface area contributed by atoms with Crippen molar-refractivity contribution in [2.75, 3.05) is 30.7 Å². The Balaban J connectivity index is 3.07. The summed E-state index contributed by atoms with van der Waals surface area (Å²) in [6.45, 7) is 0. The molecule has 5 nitrogen and oxygen atoms in total. The van der Waals surface area contributed by atoms with Crippen LogP contribution < -0.4 is 16.2 Å². The van der Waals surface area contributed by atoms with Crippen molar-refractivity contribution in [1.82, 2.24) is 9.97 Å². The van der Waals surface area contributed by atoms with E-state index in [1.54, 1.807) is 6.07 Å². The van der Waals surface area contributed by atoms with E-state index < -0.39 is 0 Å². The Labute approximate surface area is 81.7 Å². The summed E-state index contributed by atoms with van der Waals surface area (Å²) in [7, 11) is 3.85. The van der Waals surface area contributed by atoms with Gasteiger partial charge in [-0.15, -0.1) is 0 Å². The topological polar surface area (TPSA) is 67.1 Å². The summed E-state index contributed by atoms with van der Waals surface area (Å²) >= 11 is 1.49. The zero-order valence-corrected chi connectivity index (χ0v) is 8.72. The third-order valence-electron chi connectivity index (χ3n) is 1.48. The SMILES string of the molecule is CSc1nc(NN)cc(N(C)C)n1. The molecule has 1 rings (SSSR count). The van der Waals surface area contributed by atoms with Crippen LogP contribution in [-0.2, 0) is 0 Å². The standard InChI is InChI=1S/C7H13N5S/c1-12(2)6-4-5(11-8)9-7(10-6)13-3/h4H,8H2,1-3H3,(H,9,10,11). The van der Waals surface area contributed by atoms with E-state index in [0.717, 1.165) is 5.82 Å². The summed E-state index contributed by atoms with van der Waals surface area (Å²) in [6, 6.07) is 1.79. The zero-order valence-electron chi connectivity index (χ0n) is 7.90. The summed E-state index contributed by atoms with van der Waals surface area (Å²) in [5.74, 6) is 6.74. The molecule has 0 spiro atoms. The lowest BCUT2D eigenvalue weighted by Crippen LogP contribution is -2.14. The van der Waals surface area contributed by atoms with Crippen LogP contribution in [0.1, 0.15) is 0 Å². The third-order valence-corrected chi connectivity index (χ3v) is 2.03. The van der Waals surface area contributed by atoms with Crippen molar-refractivity contribution in [1.29, 1.82) is 0 Å². The van der Waals surface area contributed by atoms with Crippen molar-refractivity contribution in [2.24, 2.45) is 5.84 Å². The molecule has 0 amide bonds. The fourth-order valence-electron chi connectivity index (χ4n) is 0.807. The van der Waals surface area contributed by atoms with Crippen LogP contribution in [0.5, 0.6) is 0 Å². The van der Waals surface area contributed by atoms with Gasteiger partial charge in [-0.05, 0) is 6.26 Å². The molecule has 1 aromatic rings. The van der Waals surface area contributed by atoms with Gasteiger partial charge >= 0.3 is 0 Å². The average molecular weight is 199 g/mol. The fourth-order valence-corrected chi connectivity index (χ4v) is 1.18. The molecule has 0 aliphatic carbocycles. The minimum absolute atomic E-state index is 0.628. The van der Waals surface area contributed by atoms with Crippen LogP contribution in [0.15, 0.2) is 11.2 Å². The maximum absolute atomic E-state index is 5.27. The largest absolute Gasteiger partial charge is 0.363 e. The Morgan fingerprint density at radius 3 is 2.62 bits per heavy atom. The molecule has 0 aromatic carbocycles. The Morgan fingerprint density at radius 2 is 2.15 bits per heavy atom. The molecule has 0 unspecified atom stereocenters. The van der Waals surface area contributed by atoms with Crippen molar-refractivity contribution < 1.29 is 0 Å². The van der Waals surface area contributed by atoms with Crippen LogP contribution >= 0.6 is 11.8 Å². The van der Waals surface area contributed by atoms with E-state index in [0.29, 0.717) is 11.0 Å². The van der Waals surface area contributed by atoms with Crippen LogP contribution in [0.2, 0.25) is 0 Å². The van der Waals surface area contributed by atoms with Gasteiger partial charge in [0, 0.05) is 20.2 Å². The third kappa shape index (κ3) is 2.46. The summed E-state index contributed by atoms with van der Waals surface area (Å²) < 4.78 is 0. The van der Waals surface area contributed by atoms with Crippen LogP contribution in [0.25, 0.3) is 0 Å². The normalized spacial score (nSPS) is 9.85. The van der Waals surface area contributed by atoms with Gasteiger partial charge in [-0.2, -0.15) is 0 Å². The van der Waals surface area contributed by atoms with Gasteiger partial charge in [0.25, 0.3) is 0 Å². The van der Waals surface area contributed by atoms with Crippen molar-refractivity contribution >= 4 is 23.4 Å². The number of anilines is 2. The Bertz CT molecular complexity index is 266. The summed E-state index contributed by atoms with van der Waals surface area (Å²) in [4.78, 5) is 10.3. The molecule has 0 aliphatic heterocycles. The van der Waals surface area contributed by atoms with E-state index in [1.807, 2.05) is 25.3 Å². The number of hydrogen-bond acceptors (Lipinski definition) is 6. The van der Waals surface area contributed by atoms with Crippen molar-refractivity contribution in [3.05, 3.63) is 6.07 Å². The summed E-state index contributed by atoms with van der Waals surface area (Å²) in [6.07, 6.45) is 1.93. The molecular formula is C7H13N5S. The molecule has 0 saturated heterocycles. The van der Waals surface area contributed by atoms with Crippen LogP contribution in [0.3, 0.4) is 0 Å². The molecule has 72 valence electrons. The zero-order chi connectivity index (χ0) is 9.84. The molecule has 6 heteroatoms. The maximum Gasteiger partial charge on any atom is 0.191 e. The predicted molar refractivity (Wildman–Crippen MR) is 56.0 cm³/mol. The molecule has 0 bridgehead atoms. The smallest absolute Gasteiger partial charge is 0.191 e. The van der Waals surface area contributed by atoms with E-state index >= 15 is 0 Å². The van der Waals surface area contributed by atoms with Crippen LogP contribution in [0, 0.1) is 0 Å². The molecule has 13 heavy (non-hydrogen) atoms. The van der Waals surface area contributed by atoms with Crippen molar-refractivity contribution in [3.63, 3.8) is 0 Å². The molecule has 0 fully saturated rings. The highest BCUT2D eigenvalue weighted by Gasteiger charge is 2.03. The van der Waals surface area contributed by atoms with Gasteiger partial charge in [0.15, 0.2) is 5.16 Å². The number of hydrogen-bond donors (Lipinski definition) is 2. The quantitative estimate of drug-likeness (QED) is 0.321. The van der Waals surface area contributed by atoms with Crippen LogP contribution in [0.4, 0.5) is 11.6 Å². The van der Waals surface area contributed by atoms with Gasteiger partial charge in [0.2, 0.25) is 0 Å². The minimum Gasteiger partial charge on any atom is -0.363 e. The molecular weight excluding hydrogens is 186 g/mol. The lowest BCUT2D eigenvalue weighted by Gasteiger charge is -2.12. The lowest BCUT2D eigenvalue weighted by molar-refractivity contribution is 0.929. The van der Waals surface area contributed by atoms with E-state index in [-0.39, 0.29) is 0 Å². The van der Waals surface area contributed by atoms with E-state index in [9.17, 15) is 0 Å². The molecule has 1 heterocycles. The van der Waals surface area contributed by atoms with Gasteiger partial charge in [-0.25, -0.2) is 15.8 Å². The second-order valence-corrected chi connectivity index (χ2v) is 3.41. The van der Waals surface area contributed by atoms with E-state index in [2.05, 4.69) is 15.4 Å². The molecule has 1 aromatic heterocycles. The molecule has 0 radical (unpaired) electrons. The fraction of sp³-hybridized carbons (Fsp3) is 0.429. The lowest BCUT2D eigenvalue weighted by atomic mass is 10.5. The highest BCUT2D eigenvalue weighted by atomic mass is 32.2. The number of aromatic nitrogens is 2. The number of nitrogens with two attached hydrogens (primary N) is 1. The molecule has 3 N–H and O–H groups in total. The van der Waals surface area contributed by atoms with Gasteiger partial charge in [-0.3, -0.25) is 0 Å². The van der Waals surface area contributed by atoms with Gasteiger partial charge in [-0.1, -0.05) is 11.8 Å². The van der Waals surface area contributed by atoms with E-state index in [1.165, 1.54) is 11.8 Å². The molecule has 0 atom stereocenters. The summed E-state index contributed by atoms with van der Waals surface area (Å²) in [5.41, 5.74) is 2.51. The second kappa shape index (κ2) is 4.29. The van der Waals surface area contributed by atoms with Crippen LogP contribution in [-0.4, -0.2) is 30.3 Å². The highest BCUT2D eigenvalue weighted by Crippen LogP contribution is 2.17. The number of rotatable bonds is 3. The number of thioether (sulfide) groups is 1. The monoisotopic (exact) mass is 199 g/mol. The second-order valence-electron chi connectivity index (χ2n) is 2.64. The summed E-state index contributed by atoms with van der Waals surface area (Å²) in [5, 5.41) is 0.708. The first-order chi connectivity index (χ1) is 6.17. The predicted octanol–water partition coefficient (Wildman–Crippen LogP) is 0.550. The number of hydrazine groups is 1. The van der Waals surface area contributed by atoms with E-state index in [4.69, 9.17) is 5.84 Å². The first kappa shape index (κ1) is 10.1. The number of nitrogens with zero attached hydrogens (tertiary/aromatic N) is 3. The molecule has 0 saturated carbocycles. The van der Waals surface area contributed by atoms with Crippen molar-refractivity contribution in [3.8, 4) is 0 Å². The number of nitrogen functional groups attached to an aromatic ring is 1. The van der Waals surface area contributed by atoms with Crippen molar-refractivity contribution in [2.45, 2.75) is 5.16 Å². The first-order valence-electron chi connectivity index (χ1n) is 3.74. The Morgan fingerprint density at radius 1 is 1.46 bits per heavy atom. The first-order valence-corrected chi connectivity index (χ1v) is 4.97. The van der Waals surface area contributed by atoms with Gasteiger partial charge in [0.05, 0.1) is 0 Å². The van der Waals surface area contributed by atoms with Gasteiger partial charge < -0.3 is 10.3 Å².